The van der Waals surface area contributed by atoms with E-state index in [4.69, 9.17) is 9.47 Å². The standard InChI is InChI=1S/C18H16F3NO3S2/c1-3-24-16(23)6-11-9-26-14-7-12(4-5-13(11)14)25-8-15-10(2)22-17(27-15)18(19,20)21/h4-5,7,9H,3,6,8H2,1-2H3. The number of halogens is 3. The molecule has 0 saturated carbocycles. The Kier molecular flexibility index (Phi) is 5.71. The Balaban J connectivity index is 1.72. The molecule has 4 nitrogen and oxygen atoms in total. The predicted molar refractivity (Wildman–Crippen MR) is 98.3 cm³/mol. The van der Waals surface area contributed by atoms with Crippen LogP contribution in [0.15, 0.2) is 23.6 Å². The SMILES string of the molecule is CCOC(=O)Cc1csc2cc(OCc3sc(C(F)(F)F)nc3C)ccc12. The zero-order valence-corrected chi connectivity index (χ0v) is 16.2. The molecule has 144 valence electrons. The second-order valence-corrected chi connectivity index (χ2v) is 7.71. The van der Waals surface area contributed by atoms with Crippen LogP contribution in [0.5, 0.6) is 5.75 Å². The molecule has 3 aromatic rings. The van der Waals surface area contributed by atoms with Crippen molar-refractivity contribution in [3.05, 3.63) is 44.7 Å². The molecular formula is C18H16F3NO3S2. The number of alkyl halides is 3. The zero-order valence-electron chi connectivity index (χ0n) is 14.6. The first-order valence-corrected chi connectivity index (χ1v) is 9.79. The molecule has 0 amide bonds. The summed E-state index contributed by atoms with van der Waals surface area (Å²) in [4.78, 5) is 15.7. The van der Waals surface area contributed by atoms with Crippen LogP contribution in [0.4, 0.5) is 13.2 Å². The van der Waals surface area contributed by atoms with Gasteiger partial charge in [-0.1, -0.05) is 0 Å². The van der Waals surface area contributed by atoms with E-state index < -0.39 is 11.2 Å². The van der Waals surface area contributed by atoms with Gasteiger partial charge in [0.15, 0.2) is 5.01 Å². The number of rotatable bonds is 6. The Hall–Kier alpha value is -2.13. The summed E-state index contributed by atoms with van der Waals surface area (Å²) in [5, 5.41) is 1.97. The second-order valence-electron chi connectivity index (χ2n) is 5.71. The Morgan fingerprint density at radius 3 is 2.74 bits per heavy atom. The van der Waals surface area contributed by atoms with E-state index in [9.17, 15) is 18.0 Å². The fraction of sp³-hybridized carbons (Fsp3) is 0.333. The van der Waals surface area contributed by atoms with Gasteiger partial charge in [-0.25, -0.2) is 4.98 Å². The van der Waals surface area contributed by atoms with E-state index in [-0.39, 0.29) is 19.0 Å². The second kappa shape index (κ2) is 7.85. The number of carbonyl (C=O) groups is 1. The number of aromatic nitrogens is 1. The number of aryl methyl sites for hydroxylation is 1. The lowest BCUT2D eigenvalue weighted by atomic mass is 10.1. The molecule has 0 spiro atoms. The van der Waals surface area contributed by atoms with Crippen molar-refractivity contribution in [1.29, 1.82) is 0 Å². The number of thiazole rings is 1. The number of hydrogen-bond donors (Lipinski definition) is 0. The Bertz CT molecular complexity index is 963. The summed E-state index contributed by atoms with van der Waals surface area (Å²) in [6, 6.07) is 5.40. The summed E-state index contributed by atoms with van der Waals surface area (Å²) < 4.78 is 49.8. The topological polar surface area (TPSA) is 48.4 Å². The minimum atomic E-state index is -4.45. The van der Waals surface area contributed by atoms with Gasteiger partial charge in [-0.15, -0.1) is 22.7 Å². The number of benzene rings is 1. The van der Waals surface area contributed by atoms with Gasteiger partial charge >= 0.3 is 12.1 Å². The molecule has 2 heterocycles. The quantitative estimate of drug-likeness (QED) is 0.508. The number of hydrogen-bond acceptors (Lipinski definition) is 6. The Morgan fingerprint density at radius 2 is 2.07 bits per heavy atom. The molecule has 0 atom stereocenters. The van der Waals surface area contributed by atoms with Crippen molar-refractivity contribution in [3.63, 3.8) is 0 Å². The van der Waals surface area contributed by atoms with Crippen molar-refractivity contribution in [2.45, 2.75) is 33.1 Å². The van der Waals surface area contributed by atoms with Crippen molar-refractivity contribution < 1.29 is 27.4 Å². The van der Waals surface area contributed by atoms with Gasteiger partial charge in [-0.05, 0) is 48.4 Å². The van der Waals surface area contributed by atoms with Crippen LogP contribution in [-0.4, -0.2) is 17.6 Å². The molecule has 2 aromatic heterocycles. The molecule has 0 aliphatic carbocycles. The lowest BCUT2D eigenvalue weighted by molar-refractivity contribution is -0.142. The highest BCUT2D eigenvalue weighted by molar-refractivity contribution is 7.17. The first kappa shape index (κ1) is 19.6. The Labute approximate surface area is 161 Å². The first-order chi connectivity index (χ1) is 12.8. The van der Waals surface area contributed by atoms with Crippen LogP contribution in [0.1, 0.15) is 28.1 Å². The van der Waals surface area contributed by atoms with Crippen molar-refractivity contribution in [3.8, 4) is 5.75 Å². The molecule has 3 rings (SSSR count). The van der Waals surface area contributed by atoms with Crippen molar-refractivity contribution >= 4 is 38.7 Å². The van der Waals surface area contributed by atoms with Crippen molar-refractivity contribution in [2.24, 2.45) is 0 Å². The largest absolute Gasteiger partial charge is 0.488 e. The third-order valence-corrected chi connectivity index (χ3v) is 5.94. The van der Waals surface area contributed by atoms with Crippen LogP contribution >= 0.6 is 22.7 Å². The minimum Gasteiger partial charge on any atom is -0.488 e. The summed E-state index contributed by atoms with van der Waals surface area (Å²) in [5.41, 5.74) is 1.20. The molecular weight excluding hydrogens is 399 g/mol. The smallest absolute Gasteiger partial charge is 0.443 e. The van der Waals surface area contributed by atoms with Crippen molar-refractivity contribution in [1.82, 2.24) is 4.98 Å². The molecule has 0 saturated heterocycles. The van der Waals surface area contributed by atoms with Gasteiger partial charge in [0.1, 0.15) is 12.4 Å². The number of fused-ring (bicyclic) bond motifs is 1. The molecule has 0 bridgehead atoms. The molecule has 0 radical (unpaired) electrons. The minimum absolute atomic E-state index is 0.0200. The van der Waals surface area contributed by atoms with Gasteiger partial charge in [0, 0.05) is 4.70 Å². The van der Waals surface area contributed by atoms with Crippen LogP contribution in [0.25, 0.3) is 10.1 Å². The third-order valence-electron chi connectivity index (χ3n) is 3.77. The third kappa shape index (κ3) is 4.59. The number of esters is 1. The summed E-state index contributed by atoms with van der Waals surface area (Å²) in [5.74, 6) is 0.270. The highest BCUT2D eigenvalue weighted by Gasteiger charge is 2.35. The van der Waals surface area contributed by atoms with Crippen LogP contribution in [-0.2, 0) is 28.7 Å². The maximum absolute atomic E-state index is 12.7. The van der Waals surface area contributed by atoms with Gasteiger partial charge in [0.2, 0.25) is 0 Å². The van der Waals surface area contributed by atoms with Crippen LogP contribution in [0.3, 0.4) is 0 Å². The van der Waals surface area contributed by atoms with Gasteiger partial charge < -0.3 is 9.47 Å². The van der Waals surface area contributed by atoms with E-state index in [1.165, 1.54) is 18.3 Å². The maximum Gasteiger partial charge on any atom is 0.443 e. The number of nitrogens with zero attached hydrogens (tertiary/aromatic N) is 1. The average Bonchev–Trinajstić information content (AvgIpc) is 3.16. The number of thiophene rings is 1. The lowest BCUT2D eigenvalue weighted by Crippen LogP contribution is -2.06. The normalized spacial score (nSPS) is 11.7. The van der Waals surface area contributed by atoms with Crippen LogP contribution in [0.2, 0.25) is 0 Å². The molecule has 9 heteroatoms. The van der Waals surface area contributed by atoms with Gasteiger partial charge in [0.25, 0.3) is 0 Å². The van der Waals surface area contributed by atoms with E-state index in [0.717, 1.165) is 15.6 Å². The lowest BCUT2D eigenvalue weighted by Gasteiger charge is -2.06. The predicted octanol–water partition coefficient (Wildman–Crippen LogP) is 5.37. The monoisotopic (exact) mass is 415 g/mol. The van der Waals surface area contributed by atoms with E-state index in [2.05, 4.69) is 4.98 Å². The van der Waals surface area contributed by atoms with Gasteiger partial charge in [-0.2, -0.15) is 13.2 Å². The summed E-state index contributed by atoms with van der Waals surface area (Å²) in [7, 11) is 0. The molecule has 1 aromatic carbocycles. The van der Waals surface area contributed by atoms with Gasteiger partial charge in [-0.3, -0.25) is 4.79 Å². The molecule has 27 heavy (non-hydrogen) atoms. The molecule has 0 fully saturated rings. The summed E-state index contributed by atoms with van der Waals surface area (Å²) in [6.45, 7) is 3.66. The average molecular weight is 415 g/mol. The van der Waals surface area contributed by atoms with Crippen LogP contribution < -0.4 is 4.74 Å². The van der Waals surface area contributed by atoms with E-state index in [0.29, 0.717) is 34.3 Å². The summed E-state index contributed by atoms with van der Waals surface area (Å²) >= 11 is 2.07. The zero-order chi connectivity index (χ0) is 19.6. The Morgan fingerprint density at radius 1 is 1.30 bits per heavy atom. The van der Waals surface area contributed by atoms with Gasteiger partial charge in [0.05, 0.1) is 23.6 Å². The summed E-state index contributed by atoms with van der Waals surface area (Å²) in [6.07, 6.45) is -4.24. The van der Waals surface area contributed by atoms with E-state index in [1.54, 1.807) is 13.0 Å². The highest BCUT2D eigenvalue weighted by atomic mass is 32.1. The maximum atomic E-state index is 12.7. The molecule has 0 unspecified atom stereocenters. The van der Waals surface area contributed by atoms with E-state index >= 15 is 0 Å². The van der Waals surface area contributed by atoms with Crippen molar-refractivity contribution in [2.75, 3.05) is 6.61 Å². The van der Waals surface area contributed by atoms with Crippen LogP contribution in [0, 0.1) is 6.92 Å². The first-order valence-electron chi connectivity index (χ1n) is 8.10. The highest BCUT2D eigenvalue weighted by Crippen LogP contribution is 2.35. The molecule has 0 aliphatic rings. The molecule has 0 aliphatic heterocycles. The fourth-order valence-corrected chi connectivity index (χ4v) is 4.32. The van der Waals surface area contributed by atoms with E-state index in [1.807, 2.05) is 17.5 Å². The fourth-order valence-electron chi connectivity index (χ4n) is 2.49. The number of ether oxygens (including phenoxy) is 2. The molecule has 0 N–H and O–H groups in total. The number of carbonyl (C=O) groups excluding carboxylic acids is 1.